The Morgan fingerprint density at radius 3 is 2.83 bits per heavy atom. The first-order chi connectivity index (χ1) is 14.2. The summed E-state index contributed by atoms with van der Waals surface area (Å²) in [5, 5.41) is 5.97. The van der Waals surface area contributed by atoms with Crippen LogP contribution in [-0.4, -0.2) is 38.6 Å². The summed E-state index contributed by atoms with van der Waals surface area (Å²) in [4.78, 5) is 25.0. The van der Waals surface area contributed by atoms with E-state index in [1.54, 1.807) is 13.4 Å². The molecule has 0 spiro atoms. The van der Waals surface area contributed by atoms with E-state index in [2.05, 4.69) is 50.7 Å². The number of hydrogen-bond acceptors (Lipinski definition) is 6. The molecular formula is C21H28N6O2. The molecule has 29 heavy (non-hydrogen) atoms. The van der Waals surface area contributed by atoms with Crippen LogP contribution in [0.2, 0.25) is 0 Å². The minimum absolute atomic E-state index is 0.0999. The van der Waals surface area contributed by atoms with Gasteiger partial charge in [-0.25, -0.2) is 15.0 Å². The molecule has 0 bridgehead atoms. The molecule has 1 fully saturated rings. The van der Waals surface area contributed by atoms with Gasteiger partial charge in [0.15, 0.2) is 17.0 Å². The molecule has 1 aliphatic heterocycles. The van der Waals surface area contributed by atoms with Gasteiger partial charge in [-0.3, -0.25) is 9.36 Å². The monoisotopic (exact) mass is 396 g/mol. The number of nitrogens with one attached hydrogen (secondary N) is 2. The maximum Gasteiger partial charge on any atom is 0.248 e. The standard InChI is InChI=1S/C19H22N6O2.C2H6/c1-12-4-3-5-13(8-12)9-21-17-16-18(23-10-22-17)25(11-24-16)15-7-6-14(27-15)19(26)20-2;1-2/h3-5,8,10-11,14-15H,6-7,9H2,1-2H3,(H,20,26)(H,21,22,23);1-2H3. The van der Waals surface area contributed by atoms with Gasteiger partial charge in [0.1, 0.15) is 18.7 Å². The Morgan fingerprint density at radius 1 is 1.24 bits per heavy atom. The summed E-state index contributed by atoms with van der Waals surface area (Å²) in [5.41, 5.74) is 3.78. The smallest absolute Gasteiger partial charge is 0.248 e. The van der Waals surface area contributed by atoms with Gasteiger partial charge in [0.2, 0.25) is 5.91 Å². The SMILES string of the molecule is CC.CNC(=O)C1CCC(n2cnc3c(NCc4cccc(C)c4)ncnc32)O1. The molecule has 8 heteroatoms. The lowest BCUT2D eigenvalue weighted by Gasteiger charge is -2.14. The number of likely N-dealkylation sites (N-methyl/N-ethyl adjacent to an activating group) is 1. The van der Waals surface area contributed by atoms with Crippen molar-refractivity contribution in [2.24, 2.45) is 0 Å². The number of aromatic nitrogens is 4. The number of benzene rings is 1. The van der Waals surface area contributed by atoms with Crippen molar-refractivity contribution in [3.05, 3.63) is 48.0 Å². The van der Waals surface area contributed by atoms with Crippen LogP contribution in [0.3, 0.4) is 0 Å². The summed E-state index contributed by atoms with van der Waals surface area (Å²) in [5.74, 6) is 0.582. The second kappa shape index (κ2) is 9.47. The number of amides is 1. The Labute approximate surface area is 170 Å². The lowest BCUT2D eigenvalue weighted by Crippen LogP contribution is -2.31. The molecule has 1 aliphatic rings. The summed E-state index contributed by atoms with van der Waals surface area (Å²) in [6.07, 6.45) is 3.95. The van der Waals surface area contributed by atoms with Crippen LogP contribution in [0, 0.1) is 6.92 Å². The highest BCUT2D eigenvalue weighted by Gasteiger charge is 2.32. The van der Waals surface area contributed by atoms with E-state index in [-0.39, 0.29) is 12.1 Å². The van der Waals surface area contributed by atoms with Gasteiger partial charge in [0, 0.05) is 13.6 Å². The van der Waals surface area contributed by atoms with Gasteiger partial charge in [-0.2, -0.15) is 0 Å². The van der Waals surface area contributed by atoms with Crippen LogP contribution in [0.1, 0.15) is 44.0 Å². The average Bonchev–Trinajstić information content (AvgIpc) is 3.40. The topological polar surface area (TPSA) is 94.0 Å². The first-order valence-corrected chi connectivity index (χ1v) is 9.99. The molecule has 4 rings (SSSR count). The first-order valence-electron chi connectivity index (χ1n) is 9.99. The van der Waals surface area contributed by atoms with Crippen molar-refractivity contribution in [1.29, 1.82) is 0 Å². The fraction of sp³-hybridized carbons (Fsp3) is 0.429. The number of carbonyl (C=O) groups is 1. The molecule has 1 saturated heterocycles. The predicted molar refractivity (Wildman–Crippen MR) is 112 cm³/mol. The molecule has 2 N–H and O–H groups in total. The fourth-order valence-corrected chi connectivity index (χ4v) is 3.38. The maximum atomic E-state index is 11.8. The molecule has 0 aliphatic carbocycles. The van der Waals surface area contributed by atoms with Crippen molar-refractivity contribution in [2.45, 2.75) is 52.5 Å². The largest absolute Gasteiger partial charge is 0.364 e. The Morgan fingerprint density at radius 2 is 2.07 bits per heavy atom. The Balaban J connectivity index is 0.00000117. The Hall–Kier alpha value is -3.00. The normalized spacial score (nSPS) is 18.2. The summed E-state index contributed by atoms with van der Waals surface area (Å²) in [6.45, 7) is 6.72. The second-order valence-corrected chi connectivity index (χ2v) is 6.66. The summed E-state index contributed by atoms with van der Waals surface area (Å²) in [6, 6.07) is 8.32. The van der Waals surface area contributed by atoms with Crippen molar-refractivity contribution < 1.29 is 9.53 Å². The van der Waals surface area contributed by atoms with Crippen LogP contribution < -0.4 is 10.6 Å². The molecular weight excluding hydrogens is 368 g/mol. The van der Waals surface area contributed by atoms with Crippen molar-refractivity contribution in [2.75, 3.05) is 12.4 Å². The zero-order valence-electron chi connectivity index (χ0n) is 17.3. The number of nitrogens with zero attached hydrogens (tertiary/aromatic N) is 4. The van der Waals surface area contributed by atoms with E-state index >= 15 is 0 Å². The van der Waals surface area contributed by atoms with Gasteiger partial charge >= 0.3 is 0 Å². The number of imidazole rings is 1. The predicted octanol–water partition coefficient (Wildman–Crippen LogP) is 3.20. The molecule has 1 aromatic carbocycles. The Bertz CT molecular complexity index is 971. The number of rotatable bonds is 5. The molecule has 3 heterocycles. The van der Waals surface area contributed by atoms with E-state index < -0.39 is 6.10 Å². The molecule has 2 unspecified atom stereocenters. The highest BCUT2D eigenvalue weighted by Crippen LogP contribution is 2.31. The van der Waals surface area contributed by atoms with Crippen molar-refractivity contribution >= 4 is 22.9 Å². The molecule has 0 radical (unpaired) electrons. The van der Waals surface area contributed by atoms with E-state index in [1.807, 2.05) is 24.5 Å². The van der Waals surface area contributed by atoms with Crippen LogP contribution >= 0.6 is 0 Å². The minimum Gasteiger partial charge on any atom is -0.364 e. The third-order valence-electron chi connectivity index (χ3n) is 4.75. The van der Waals surface area contributed by atoms with Crippen LogP contribution in [0.5, 0.6) is 0 Å². The van der Waals surface area contributed by atoms with E-state index in [9.17, 15) is 4.79 Å². The van der Waals surface area contributed by atoms with Gasteiger partial charge in [-0.1, -0.05) is 43.7 Å². The highest BCUT2D eigenvalue weighted by molar-refractivity contribution is 5.83. The van der Waals surface area contributed by atoms with E-state index in [4.69, 9.17) is 4.74 Å². The molecule has 154 valence electrons. The molecule has 0 saturated carbocycles. The number of anilines is 1. The van der Waals surface area contributed by atoms with Crippen molar-refractivity contribution in [3.8, 4) is 0 Å². The third kappa shape index (κ3) is 4.54. The molecule has 2 atom stereocenters. The maximum absolute atomic E-state index is 11.8. The molecule has 2 aromatic heterocycles. The van der Waals surface area contributed by atoms with E-state index in [0.29, 0.717) is 29.9 Å². The number of aryl methyl sites for hydroxylation is 1. The first kappa shape index (κ1) is 20.7. The van der Waals surface area contributed by atoms with Gasteiger partial charge in [-0.05, 0) is 25.3 Å². The van der Waals surface area contributed by atoms with Crippen LogP contribution in [0.15, 0.2) is 36.9 Å². The van der Waals surface area contributed by atoms with Crippen LogP contribution in [0.25, 0.3) is 11.2 Å². The average molecular weight is 396 g/mol. The minimum atomic E-state index is -0.432. The third-order valence-corrected chi connectivity index (χ3v) is 4.75. The van der Waals surface area contributed by atoms with Crippen molar-refractivity contribution in [3.63, 3.8) is 0 Å². The molecule has 8 nitrogen and oxygen atoms in total. The lowest BCUT2D eigenvalue weighted by atomic mass is 10.1. The van der Waals surface area contributed by atoms with Gasteiger partial charge < -0.3 is 15.4 Å². The van der Waals surface area contributed by atoms with Gasteiger partial charge in [0.25, 0.3) is 0 Å². The lowest BCUT2D eigenvalue weighted by molar-refractivity contribution is -0.133. The number of fused-ring (bicyclic) bond motifs is 1. The van der Waals surface area contributed by atoms with Gasteiger partial charge in [0.05, 0.1) is 6.33 Å². The zero-order chi connectivity index (χ0) is 20.8. The van der Waals surface area contributed by atoms with Crippen LogP contribution in [-0.2, 0) is 16.1 Å². The number of carbonyl (C=O) groups excluding carboxylic acids is 1. The Kier molecular flexibility index (Phi) is 6.77. The number of ether oxygens (including phenoxy) is 1. The van der Waals surface area contributed by atoms with E-state index in [1.165, 1.54) is 17.5 Å². The van der Waals surface area contributed by atoms with Crippen LogP contribution in [0.4, 0.5) is 5.82 Å². The summed E-state index contributed by atoms with van der Waals surface area (Å²) < 4.78 is 7.75. The summed E-state index contributed by atoms with van der Waals surface area (Å²) >= 11 is 0. The summed E-state index contributed by atoms with van der Waals surface area (Å²) in [7, 11) is 1.62. The van der Waals surface area contributed by atoms with E-state index in [0.717, 1.165) is 6.42 Å². The molecule has 3 aromatic rings. The quantitative estimate of drug-likeness (QED) is 0.688. The van der Waals surface area contributed by atoms with Gasteiger partial charge in [-0.15, -0.1) is 0 Å². The second-order valence-electron chi connectivity index (χ2n) is 6.66. The fourth-order valence-electron chi connectivity index (χ4n) is 3.38. The highest BCUT2D eigenvalue weighted by atomic mass is 16.5. The zero-order valence-corrected chi connectivity index (χ0v) is 17.3. The number of hydrogen-bond donors (Lipinski definition) is 2. The van der Waals surface area contributed by atoms with Crippen molar-refractivity contribution in [1.82, 2.24) is 24.8 Å². The molecule has 1 amide bonds.